The third-order valence-corrected chi connectivity index (χ3v) is 4.98. The van der Waals surface area contributed by atoms with E-state index in [1.54, 1.807) is 6.07 Å². The normalized spacial score (nSPS) is 11.8. The Morgan fingerprint density at radius 3 is 2.14 bits per heavy atom. The van der Waals surface area contributed by atoms with E-state index in [0.717, 1.165) is 30.0 Å². The van der Waals surface area contributed by atoms with Crippen LogP contribution in [0, 0.1) is 12.8 Å². The van der Waals surface area contributed by atoms with Crippen LogP contribution in [-0.2, 0) is 4.79 Å². The van der Waals surface area contributed by atoms with E-state index in [4.69, 9.17) is 0 Å². The number of rotatable bonds is 9. The monoisotopic (exact) mass is 395 g/mol. The quantitative estimate of drug-likeness (QED) is 0.651. The highest BCUT2D eigenvalue weighted by molar-refractivity contribution is 6.01. The van der Waals surface area contributed by atoms with Gasteiger partial charge in [-0.15, -0.1) is 0 Å². The fraction of sp³-hybridized carbons (Fsp3) is 0.417. The lowest BCUT2D eigenvalue weighted by Gasteiger charge is -2.22. The molecule has 0 fully saturated rings. The van der Waals surface area contributed by atoms with Crippen molar-refractivity contribution in [1.29, 1.82) is 0 Å². The van der Waals surface area contributed by atoms with Crippen molar-refractivity contribution in [2.24, 2.45) is 5.92 Å². The number of carbonyl (C=O) groups excluding carboxylic acids is 2. The summed E-state index contributed by atoms with van der Waals surface area (Å²) in [6, 6.07) is 14.6. The van der Waals surface area contributed by atoms with Gasteiger partial charge in [-0.05, 0) is 69.0 Å². The van der Waals surface area contributed by atoms with Crippen LogP contribution in [0.5, 0.6) is 0 Å². The number of hydrogen-bond donors (Lipinski definition) is 2. The number of anilines is 2. The number of carbonyl (C=O) groups is 2. The predicted octanol–water partition coefficient (Wildman–Crippen LogP) is 4.62. The molecule has 29 heavy (non-hydrogen) atoms. The highest BCUT2D eigenvalue weighted by atomic mass is 16.2. The number of nitrogens with zero attached hydrogens (tertiary/aromatic N) is 1. The number of benzene rings is 2. The van der Waals surface area contributed by atoms with Crippen molar-refractivity contribution >= 4 is 23.2 Å². The van der Waals surface area contributed by atoms with Gasteiger partial charge < -0.3 is 15.5 Å². The molecule has 0 saturated heterocycles. The van der Waals surface area contributed by atoms with E-state index in [-0.39, 0.29) is 17.7 Å². The summed E-state index contributed by atoms with van der Waals surface area (Å²) < 4.78 is 0. The van der Waals surface area contributed by atoms with Crippen LogP contribution < -0.4 is 15.5 Å². The van der Waals surface area contributed by atoms with Gasteiger partial charge in [0.1, 0.15) is 6.04 Å². The van der Waals surface area contributed by atoms with Gasteiger partial charge in [0.25, 0.3) is 5.91 Å². The topological polar surface area (TPSA) is 61.4 Å². The van der Waals surface area contributed by atoms with Crippen LogP contribution in [0.3, 0.4) is 0 Å². The van der Waals surface area contributed by atoms with Gasteiger partial charge in [0.15, 0.2) is 0 Å². The Hall–Kier alpha value is -2.82. The molecule has 0 aliphatic rings. The molecule has 0 aliphatic carbocycles. The molecule has 0 aromatic heterocycles. The largest absolute Gasteiger partial charge is 0.372 e. The van der Waals surface area contributed by atoms with E-state index >= 15 is 0 Å². The third kappa shape index (κ3) is 6.34. The Morgan fingerprint density at radius 2 is 1.59 bits per heavy atom. The molecule has 2 N–H and O–H groups in total. The molecule has 0 bridgehead atoms. The maximum Gasteiger partial charge on any atom is 0.252 e. The Bertz CT molecular complexity index is 811. The molecular formula is C24H33N3O2. The van der Waals surface area contributed by atoms with Gasteiger partial charge in [0, 0.05) is 30.0 Å². The van der Waals surface area contributed by atoms with Crippen LogP contribution in [0.25, 0.3) is 0 Å². The summed E-state index contributed by atoms with van der Waals surface area (Å²) in [6.07, 6.45) is 0.570. The summed E-state index contributed by atoms with van der Waals surface area (Å²) in [7, 11) is 0. The van der Waals surface area contributed by atoms with Gasteiger partial charge in [-0.25, -0.2) is 0 Å². The molecule has 2 aromatic carbocycles. The number of hydrogen-bond acceptors (Lipinski definition) is 3. The summed E-state index contributed by atoms with van der Waals surface area (Å²) in [5, 5.41) is 5.86. The fourth-order valence-electron chi connectivity index (χ4n) is 3.34. The van der Waals surface area contributed by atoms with Gasteiger partial charge in [-0.2, -0.15) is 0 Å². The summed E-state index contributed by atoms with van der Waals surface area (Å²) >= 11 is 0. The highest BCUT2D eigenvalue weighted by Crippen LogP contribution is 2.18. The van der Waals surface area contributed by atoms with Crippen molar-refractivity contribution in [2.45, 2.75) is 47.1 Å². The third-order valence-electron chi connectivity index (χ3n) is 4.98. The number of aryl methyl sites for hydroxylation is 1. The van der Waals surface area contributed by atoms with Gasteiger partial charge >= 0.3 is 0 Å². The van der Waals surface area contributed by atoms with Crippen molar-refractivity contribution in [2.75, 3.05) is 23.3 Å². The van der Waals surface area contributed by atoms with E-state index in [1.165, 1.54) is 0 Å². The predicted molar refractivity (Wildman–Crippen MR) is 121 cm³/mol. The smallest absolute Gasteiger partial charge is 0.252 e. The van der Waals surface area contributed by atoms with Crippen molar-refractivity contribution in [3.8, 4) is 0 Å². The van der Waals surface area contributed by atoms with E-state index in [9.17, 15) is 9.59 Å². The van der Waals surface area contributed by atoms with Crippen LogP contribution in [-0.4, -0.2) is 30.9 Å². The van der Waals surface area contributed by atoms with Crippen molar-refractivity contribution in [3.63, 3.8) is 0 Å². The lowest BCUT2D eigenvalue weighted by molar-refractivity contribution is -0.118. The minimum Gasteiger partial charge on any atom is -0.372 e. The lowest BCUT2D eigenvalue weighted by atomic mass is 10.0. The Kier molecular flexibility index (Phi) is 8.25. The first kappa shape index (κ1) is 22.5. The molecule has 0 spiro atoms. The Balaban J connectivity index is 2.10. The van der Waals surface area contributed by atoms with Gasteiger partial charge in [-0.1, -0.05) is 32.0 Å². The summed E-state index contributed by atoms with van der Waals surface area (Å²) in [4.78, 5) is 27.8. The van der Waals surface area contributed by atoms with Crippen LogP contribution in [0.2, 0.25) is 0 Å². The van der Waals surface area contributed by atoms with Gasteiger partial charge in [0.05, 0.1) is 0 Å². The molecular weight excluding hydrogens is 362 g/mol. The zero-order valence-electron chi connectivity index (χ0n) is 18.2. The molecule has 1 atom stereocenters. The molecule has 2 rings (SSSR count). The zero-order chi connectivity index (χ0) is 21.4. The minimum absolute atomic E-state index is 0.198. The van der Waals surface area contributed by atoms with E-state index in [0.29, 0.717) is 12.0 Å². The average molecular weight is 396 g/mol. The second-order valence-corrected chi connectivity index (χ2v) is 7.68. The Labute approximate surface area is 174 Å². The average Bonchev–Trinajstić information content (AvgIpc) is 2.69. The second-order valence-electron chi connectivity index (χ2n) is 7.68. The number of amides is 2. The van der Waals surface area contributed by atoms with Crippen molar-refractivity contribution in [3.05, 3.63) is 59.7 Å². The SMILES string of the molecule is CCN(CC)c1ccc(NC(=O)C(CC(C)C)NC(=O)c2ccccc2C)cc1. The molecule has 0 heterocycles. The molecule has 5 heteroatoms. The standard InChI is InChI=1S/C24H33N3O2/c1-6-27(7-2)20-14-12-19(13-15-20)25-24(29)22(16-17(3)4)26-23(28)21-11-9-8-10-18(21)5/h8-15,17,22H,6-7,16H2,1-5H3,(H,25,29)(H,26,28). The zero-order valence-corrected chi connectivity index (χ0v) is 18.2. The second kappa shape index (κ2) is 10.6. The van der Waals surface area contributed by atoms with Crippen molar-refractivity contribution < 1.29 is 9.59 Å². The molecule has 2 amide bonds. The van der Waals surface area contributed by atoms with Gasteiger partial charge in [-0.3, -0.25) is 9.59 Å². The van der Waals surface area contributed by atoms with Crippen LogP contribution >= 0.6 is 0 Å². The van der Waals surface area contributed by atoms with Crippen LogP contribution in [0.15, 0.2) is 48.5 Å². The lowest BCUT2D eigenvalue weighted by Crippen LogP contribution is -2.44. The maximum absolute atomic E-state index is 12.9. The van der Waals surface area contributed by atoms with Crippen LogP contribution in [0.4, 0.5) is 11.4 Å². The summed E-state index contributed by atoms with van der Waals surface area (Å²) in [5.74, 6) is -0.148. The van der Waals surface area contributed by atoms with Gasteiger partial charge in [0.2, 0.25) is 5.91 Å². The molecule has 0 radical (unpaired) electrons. The Morgan fingerprint density at radius 1 is 0.966 bits per heavy atom. The minimum atomic E-state index is -0.593. The van der Waals surface area contributed by atoms with Crippen molar-refractivity contribution in [1.82, 2.24) is 5.32 Å². The van der Waals surface area contributed by atoms with Crippen LogP contribution in [0.1, 0.15) is 50.0 Å². The molecule has 0 aliphatic heterocycles. The van der Waals surface area contributed by atoms with E-state index < -0.39 is 6.04 Å². The molecule has 0 saturated carbocycles. The van der Waals surface area contributed by atoms with E-state index in [1.807, 2.05) is 63.2 Å². The fourth-order valence-corrected chi connectivity index (χ4v) is 3.34. The maximum atomic E-state index is 12.9. The first-order valence-corrected chi connectivity index (χ1v) is 10.4. The molecule has 156 valence electrons. The molecule has 5 nitrogen and oxygen atoms in total. The molecule has 1 unspecified atom stereocenters. The van der Waals surface area contributed by atoms with E-state index in [2.05, 4.69) is 29.4 Å². The highest BCUT2D eigenvalue weighted by Gasteiger charge is 2.23. The first-order chi connectivity index (χ1) is 13.8. The first-order valence-electron chi connectivity index (χ1n) is 10.4. The molecule has 2 aromatic rings. The summed E-state index contributed by atoms with van der Waals surface area (Å²) in [5.41, 5.74) is 3.34. The number of nitrogens with one attached hydrogen (secondary N) is 2. The summed E-state index contributed by atoms with van der Waals surface area (Å²) in [6.45, 7) is 12.1.